The monoisotopic (exact) mass is 334 g/mol. The van der Waals surface area contributed by atoms with Crippen LogP contribution < -0.4 is 10.6 Å². The molecule has 0 saturated heterocycles. The van der Waals surface area contributed by atoms with Crippen molar-refractivity contribution >= 4 is 17.8 Å². The first kappa shape index (κ1) is 19.7. The molecule has 0 aliphatic carbocycles. The van der Waals surface area contributed by atoms with Crippen LogP contribution in [0.5, 0.6) is 0 Å². The van der Waals surface area contributed by atoms with Gasteiger partial charge in [-0.15, -0.1) is 0 Å². The first-order valence-corrected chi connectivity index (χ1v) is 8.03. The van der Waals surface area contributed by atoms with E-state index in [1.54, 1.807) is 13.8 Å². The SMILES string of the molecule is Cc1ccc(CCC(=O)NCC(=O)NC(C)(C)CCC(=O)O)cc1. The Balaban J connectivity index is 2.29. The minimum Gasteiger partial charge on any atom is -0.481 e. The zero-order chi connectivity index (χ0) is 18.2. The number of hydrogen-bond acceptors (Lipinski definition) is 3. The lowest BCUT2D eigenvalue weighted by Gasteiger charge is -2.25. The number of hydrogen-bond donors (Lipinski definition) is 3. The van der Waals surface area contributed by atoms with Crippen LogP contribution in [-0.2, 0) is 20.8 Å². The second kappa shape index (κ2) is 9.05. The van der Waals surface area contributed by atoms with E-state index < -0.39 is 11.5 Å². The minimum atomic E-state index is -0.901. The predicted octanol–water partition coefficient (Wildman–Crippen LogP) is 1.80. The molecule has 132 valence electrons. The van der Waals surface area contributed by atoms with E-state index in [9.17, 15) is 14.4 Å². The number of carboxylic acids is 1. The molecule has 1 rings (SSSR count). The molecule has 2 amide bonds. The highest BCUT2D eigenvalue weighted by Gasteiger charge is 2.21. The van der Waals surface area contributed by atoms with E-state index in [4.69, 9.17) is 5.11 Å². The van der Waals surface area contributed by atoms with E-state index in [1.165, 1.54) is 5.56 Å². The van der Waals surface area contributed by atoms with Crippen LogP contribution in [0.1, 0.15) is 44.2 Å². The lowest BCUT2D eigenvalue weighted by Crippen LogP contribution is -2.47. The zero-order valence-electron chi connectivity index (χ0n) is 14.5. The summed E-state index contributed by atoms with van der Waals surface area (Å²) in [5.41, 5.74) is 1.63. The van der Waals surface area contributed by atoms with Crippen LogP contribution in [-0.4, -0.2) is 35.0 Å². The Bertz CT molecular complexity index is 579. The molecule has 6 nitrogen and oxygen atoms in total. The Morgan fingerprint density at radius 1 is 1.04 bits per heavy atom. The number of rotatable bonds is 9. The average molecular weight is 334 g/mol. The minimum absolute atomic E-state index is 0.0177. The molecule has 0 spiro atoms. The molecule has 6 heteroatoms. The Morgan fingerprint density at radius 2 is 1.67 bits per heavy atom. The van der Waals surface area contributed by atoms with Crippen LogP contribution in [0.25, 0.3) is 0 Å². The molecule has 0 aliphatic rings. The summed E-state index contributed by atoms with van der Waals surface area (Å²) < 4.78 is 0. The summed E-state index contributed by atoms with van der Waals surface area (Å²) in [6.45, 7) is 5.41. The number of benzene rings is 1. The first-order chi connectivity index (χ1) is 11.2. The molecule has 0 saturated carbocycles. The Kier molecular flexibility index (Phi) is 7.42. The molecule has 3 N–H and O–H groups in total. The van der Waals surface area contributed by atoms with E-state index in [2.05, 4.69) is 10.6 Å². The van der Waals surface area contributed by atoms with Gasteiger partial charge in [-0.05, 0) is 39.2 Å². The molecule has 0 heterocycles. The number of nitrogens with one attached hydrogen (secondary N) is 2. The third kappa shape index (κ3) is 8.31. The van der Waals surface area contributed by atoms with Crippen molar-refractivity contribution in [2.24, 2.45) is 0 Å². The lowest BCUT2D eigenvalue weighted by molar-refractivity contribution is -0.137. The summed E-state index contributed by atoms with van der Waals surface area (Å²) >= 11 is 0. The fraction of sp³-hybridized carbons (Fsp3) is 0.500. The zero-order valence-corrected chi connectivity index (χ0v) is 14.5. The van der Waals surface area contributed by atoms with E-state index >= 15 is 0 Å². The maximum atomic E-state index is 11.8. The topological polar surface area (TPSA) is 95.5 Å². The van der Waals surface area contributed by atoms with Gasteiger partial charge in [-0.3, -0.25) is 14.4 Å². The molecule has 1 aromatic carbocycles. The molecule has 0 fully saturated rings. The smallest absolute Gasteiger partial charge is 0.303 e. The van der Waals surface area contributed by atoms with Crippen molar-refractivity contribution in [3.63, 3.8) is 0 Å². The molecule has 0 bridgehead atoms. The van der Waals surface area contributed by atoms with Gasteiger partial charge in [-0.2, -0.15) is 0 Å². The highest BCUT2D eigenvalue weighted by atomic mass is 16.4. The van der Waals surface area contributed by atoms with Gasteiger partial charge in [0.15, 0.2) is 0 Å². The van der Waals surface area contributed by atoms with Crippen LogP contribution in [0, 0.1) is 6.92 Å². The second-order valence-corrected chi connectivity index (χ2v) is 6.59. The molecule has 0 aliphatic heterocycles. The van der Waals surface area contributed by atoms with Gasteiger partial charge in [0.25, 0.3) is 0 Å². The predicted molar refractivity (Wildman–Crippen MR) is 91.6 cm³/mol. The van der Waals surface area contributed by atoms with Gasteiger partial charge in [0, 0.05) is 18.4 Å². The third-order valence-corrected chi connectivity index (χ3v) is 3.65. The summed E-state index contributed by atoms with van der Waals surface area (Å²) in [4.78, 5) is 34.2. The van der Waals surface area contributed by atoms with E-state index in [-0.39, 0.29) is 24.8 Å². The van der Waals surface area contributed by atoms with Crippen molar-refractivity contribution in [2.75, 3.05) is 6.54 Å². The third-order valence-electron chi connectivity index (χ3n) is 3.65. The van der Waals surface area contributed by atoms with Gasteiger partial charge in [-0.1, -0.05) is 29.8 Å². The van der Waals surface area contributed by atoms with Crippen LogP contribution in [0.3, 0.4) is 0 Å². The van der Waals surface area contributed by atoms with Gasteiger partial charge >= 0.3 is 5.97 Å². The van der Waals surface area contributed by atoms with Crippen molar-refractivity contribution in [1.29, 1.82) is 0 Å². The molecule has 0 atom stereocenters. The van der Waals surface area contributed by atoms with Gasteiger partial charge in [-0.25, -0.2) is 0 Å². The molecular formula is C18H26N2O4. The quantitative estimate of drug-likeness (QED) is 0.642. The van der Waals surface area contributed by atoms with Gasteiger partial charge in [0.05, 0.1) is 6.54 Å². The van der Waals surface area contributed by atoms with Crippen molar-refractivity contribution in [1.82, 2.24) is 10.6 Å². The summed E-state index contributed by atoms with van der Waals surface area (Å²) in [6.07, 6.45) is 1.25. The number of carbonyl (C=O) groups is 3. The maximum Gasteiger partial charge on any atom is 0.303 e. The van der Waals surface area contributed by atoms with Crippen LogP contribution in [0.15, 0.2) is 24.3 Å². The fourth-order valence-electron chi connectivity index (χ4n) is 2.18. The molecular weight excluding hydrogens is 308 g/mol. The van der Waals surface area contributed by atoms with Crippen LogP contribution >= 0.6 is 0 Å². The highest BCUT2D eigenvalue weighted by Crippen LogP contribution is 2.10. The molecule has 0 aromatic heterocycles. The van der Waals surface area contributed by atoms with Gasteiger partial charge in [0.1, 0.15) is 0 Å². The maximum absolute atomic E-state index is 11.8. The first-order valence-electron chi connectivity index (χ1n) is 8.03. The Morgan fingerprint density at radius 3 is 2.25 bits per heavy atom. The summed E-state index contributed by atoms with van der Waals surface area (Å²) in [5, 5.41) is 14.0. The summed E-state index contributed by atoms with van der Waals surface area (Å²) in [7, 11) is 0. The standard InChI is InChI=1S/C18H26N2O4/c1-13-4-6-14(7-5-13)8-9-15(21)19-12-16(22)20-18(2,3)11-10-17(23)24/h4-7H,8-12H2,1-3H3,(H,19,21)(H,20,22)(H,23,24). The largest absolute Gasteiger partial charge is 0.481 e. The number of amides is 2. The summed E-state index contributed by atoms with van der Waals surface area (Å²) in [5.74, 6) is -1.41. The van der Waals surface area contributed by atoms with E-state index in [0.29, 0.717) is 19.3 Å². The van der Waals surface area contributed by atoms with E-state index in [1.807, 2.05) is 31.2 Å². The average Bonchev–Trinajstić information content (AvgIpc) is 2.50. The number of carboxylic acid groups (broad SMARTS) is 1. The van der Waals surface area contributed by atoms with Gasteiger partial charge in [0.2, 0.25) is 11.8 Å². The van der Waals surface area contributed by atoms with Crippen molar-refractivity contribution in [2.45, 2.75) is 52.0 Å². The molecule has 24 heavy (non-hydrogen) atoms. The highest BCUT2D eigenvalue weighted by molar-refractivity contribution is 5.85. The van der Waals surface area contributed by atoms with Crippen molar-refractivity contribution < 1.29 is 19.5 Å². The van der Waals surface area contributed by atoms with Crippen molar-refractivity contribution in [3.8, 4) is 0 Å². The molecule has 1 aromatic rings. The summed E-state index contributed by atoms with van der Waals surface area (Å²) in [6, 6.07) is 7.97. The van der Waals surface area contributed by atoms with Crippen LogP contribution in [0.4, 0.5) is 0 Å². The number of carbonyl (C=O) groups excluding carboxylic acids is 2. The molecule has 0 radical (unpaired) electrons. The lowest BCUT2D eigenvalue weighted by atomic mass is 9.98. The number of aryl methyl sites for hydroxylation is 2. The Hall–Kier alpha value is -2.37. The van der Waals surface area contributed by atoms with Gasteiger partial charge < -0.3 is 15.7 Å². The number of aliphatic carboxylic acids is 1. The van der Waals surface area contributed by atoms with E-state index in [0.717, 1.165) is 5.56 Å². The fourth-order valence-corrected chi connectivity index (χ4v) is 2.18. The van der Waals surface area contributed by atoms with Crippen molar-refractivity contribution in [3.05, 3.63) is 35.4 Å². The molecule has 0 unspecified atom stereocenters. The Labute approximate surface area is 142 Å². The second-order valence-electron chi connectivity index (χ2n) is 6.59. The normalized spacial score (nSPS) is 11.0. The van der Waals surface area contributed by atoms with Crippen LogP contribution in [0.2, 0.25) is 0 Å².